The Morgan fingerprint density at radius 1 is 1.10 bits per heavy atom. The Balaban J connectivity index is 1.69. The standard InChI is InChI=1S/C23H25N3O2S/c1-14(2)18-6-5-7-19-15(3)12-21(26-22(18)19)29-13-20(27)25-17-10-8-16(9-11-17)23(28)24-4/h5-12,14H,13H2,1-4H3,(H,24,28)(H,25,27). The molecule has 6 heteroatoms. The summed E-state index contributed by atoms with van der Waals surface area (Å²) in [6.45, 7) is 6.40. The molecule has 3 rings (SSSR count). The Morgan fingerprint density at radius 3 is 2.48 bits per heavy atom. The molecule has 1 heterocycles. The van der Waals surface area contributed by atoms with E-state index in [9.17, 15) is 9.59 Å². The SMILES string of the molecule is CNC(=O)c1ccc(NC(=O)CSc2cc(C)c3cccc(C(C)C)c3n2)cc1. The summed E-state index contributed by atoms with van der Waals surface area (Å²) in [5, 5.41) is 7.42. The molecule has 2 aromatic carbocycles. The lowest BCUT2D eigenvalue weighted by atomic mass is 9.98. The number of anilines is 1. The Morgan fingerprint density at radius 2 is 1.83 bits per heavy atom. The summed E-state index contributed by atoms with van der Waals surface area (Å²) < 4.78 is 0. The fraction of sp³-hybridized carbons (Fsp3) is 0.261. The van der Waals surface area contributed by atoms with E-state index in [4.69, 9.17) is 4.98 Å². The number of nitrogens with zero attached hydrogens (tertiary/aromatic N) is 1. The molecule has 1 aromatic heterocycles. The van der Waals surface area contributed by atoms with E-state index < -0.39 is 0 Å². The lowest BCUT2D eigenvalue weighted by Gasteiger charge is -2.12. The molecule has 0 spiro atoms. The second-order valence-electron chi connectivity index (χ2n) is 7.17. The number of nitrogens with one attached hydrogen (secondary N) is 2. The van der Waals surface area contributed by atoms with E-state index in [1.807, 2.05) is 6.07 Å². The number of pyridine rings is 1. The zero-order chi connectivity index (χ0) is 21.0. The molecular weight excluding hydrogens is 382 g/mol. The zero-order valence-corrected chi connectivity index (χ0v) is 17.9. The van der Waals surface area contributed by atoms with Crippen LogP contribution in [-0.2, 0) is 4.79 Å². The number of benzene rings is 2. The van der Waals surface area contributed by atoms with Gasteiger partial charge >= 0.3 is 0 Å². The van der Waals surface area contributed by atoms with Crippen molar-refractivity contribution in [2.24, 2.45) is 0 Å². The van der Waals surface area contributed by atoms with Gasteiger partial charge in [-0.1, -0.05) is 43.8 Å². The molecule has 29 heavy (non-hydrogen) atoms. The summed E-state index contributed by atoms with van der Waals surface area (Å²) in [5.74, 6) is 0.377. The number of aromatic nitrogens is 1. The molecule has 0 aliphatic heterocycles. The molecule has 0 atom stereocenters. The van der Waals surface area contributed by atoms with Crippen LogP contribution < -0.4 is 10.6 Å². The fourth-order valence-electron chi connectivity index (χ4n) is 3.14. The van der Waals surface area contributed by atoms with E-state index in [1.54, 1.807) is 31.3 Å². The molecule has 3 aromatic rings. The van der Waals surface area contributed by atoms with E-state index in [1.165, 1.54) is 17.3 Å². The summed E-state index contributed by atoms with van der Waals surface area (Å²) in [7, 11) is 1.59. The molecular formula is C23H25N3O2S. The van der Waals surface area contributed by atoms with Gasteiger partial charge in [0.25, 0.3) is 5.91 Å². The van der Waals surface area contributed by atoms with Gasteiger partial charge in [-0.25, -0.2) is 4.98 Å². The van der Waals surface area contributed by atoms with Crippen LogP contribution in [0.25, 0.3) is 10.9 Å². The van der Waals surface area contributed by atoms with Crippen LogP contribution in [0.5, 0.6) is 0 Å². The van der Waals surface area contributed by atoms with Gasteiger partial charge in [-0.05, 0) is 54.3 Å². The van der Waals surface area contributed by atoms with Gasteiger partial charge in [0, 0.05) is 23.7 Å². The van der Waals surface area contributed by atoms with E-state index in [-0.39, 0.29) is 17.6 Å². The summed E-state index contributed by atoms with van der Waals surface area (Å²) >= 11 is 1.42. The van der Waals surface area contributed by atoms with Gasteiger partial charge in [-0.3, -0.25) is 9.59 Å². The van der Waals surface area contributed by atoms with Crippen LogP contribution in [-0.4, -0.2) is 29.6 Å². The first-order valence-electron chi connectivity index (χ1n) is 9.54. The van der Waals surface area contributed by atoms with Crippen LogP contribution in [0.4, 0.5) is 5.69 Å². The van der Waals surface area contributed by atoms with Gasteiger partial charge in [0.1, 0.15) is 0 Å². The van der Waals surface area contributed by atoms with E-state index in [0.29, 0.717) is 17.2 Å². The highest BCUT2D eigenvalue weighted by Crippen LogP contribution is 2.29. The average Bonchev–Trinajstić information content (AvgIpc) is 2.71. The Labute approximate surface area is 175 Å². The highest BCUT2D eigenvalue weighted by Gasteiger charge is 2.12. The number of para-hydroxylation sites is 1. The number of carbonyl (C=O) groups is 2. The number of amides is 2. The average molecular weight is 408 g/mol. The van der Waals surface area contributed by atoms with Gasteiger partial charge in [-0.15, -0.1) is 0 Å². The zero-order valence-electron chi connectivity index (χ0n) is 17.1. The normalized spacial score (nSPS) is 10.9. The minimum atomic E-state index is -0.156. The largest absolute Gasteiger partial charge is 0.355 e. The fourth-order valence-corrected chi connectivity index (χ4v) is 3.90. The Hall–Kier alpha value is -2.86. The molecule has 2 N–H and O–H groups in total. The molecule has 0 radical (unpaired) electrons. The number of hydrogen-bond donors (Lipinski definition) is 2. The van der Waals surface area contributed by atoms with Gasteiger partial charge in [0.2, 0.25) is 5.91 Å². The summed E-state index contributed by atoms with van der Waals surface area (Å²) in [5.41, 5.74) is 4.60. The number of thioether (sulfide) groups is 1. The third kappa shape index (κ3) is 4.95. The molecule has 0 bridgehead atoms. The molecule has 0 fully saturated rings. The van der Waals surface area contributed by atoms with Gasteiger partial charge in [0.05, 0.1) is 16.3 Å². The lowest BCUT2D eigenvalue weighted by Crippen LogP contribution is -2.18. The summed E-state index contributed by atoms with van der Waals surface area (Å²) in [6.07, 6.45) is 0. The van der Waals surface area contributed by atoms with Crippen molar-refractivity contribution in [1.29, 1.82) is 0 Å². The predicted molar refractivity (Wildman–Crippen MR) is 120 cm³/mol. The maximum absolute atomic E-state index is 12.3. The molecule has 5 nitrogen and oxygen atoms in total. The number of rotatable bonds is 6. The van der Waals surface area contributed by atoms with Gasteiger partial charge in [0.15, 0.2) is 0 Å². The highest BCUT2D eigenvalue weighted by atomic mass is 32.2. The topological polar surface area (TPSA) is 71.1 Å². The number of fused-ring (bicyclic) bond motifs is 1. The Bertz CT molecular complexity index is 1050. The molecule has 0 saturated carbocycles. The lowest BCUT2D eigenvalue weighted by molar-refractivity contribution is -0.113. The monoisotopic (exact) mass is 407 g/mol. The molecule has 0 aliphatic rings. The molecule has 0 unspecified atom stereocenters. The van der Waals surface area contributed by atoms with E-state index >= 15 is 0 Å². The van der Waals surface area contributed by atoms with Gasteiger partial charge in [-0.2, -0.15) is 0 Å². The van der Waals surface area contributed by atoms with Crippen LogP contribution in [0.2, 0.25) is 0 Å². The second kappa shape index (κ2) is 9.09. The van der Waals surface area contributed by atoms with Crippen LogP contribution in [0.3, 0.4) is 0 Å². The maximum atomic E-state index is 12.3. The third-order valence-corrected chi connectivity index (χ3v) is 5.60. The smallest absolute Gasteiger partial charge is 0.251 e. The van der Waals surface area contributed by atoms with E-state index in [2.05, 4.69) is 49.6 Å². The van der Waals surface area contributed by atoms with Gasteiger partial charge < -0.3 is 10.6 Å². The van der Waals surface area contributed by atoms with Crippen molar-refractivity contribution < 1.29 is 9.59 Å². The first kappa shape index (κ1) is 20.9. The van der Waals surface area contributed by atoms with Crippen molar-refractivity contribution in [3.8, 4) is 0 Å². The predicted octanol–water partition coefficient (Wildman–Crippen LogP) is 4.76. The van der Waals surface area contributed by atoms with Crippen molar-refractivity contribution in [3.63, 3.8) is 0 Å². The molecule has 2 amide bonds. The first-order chi connectivity index (χ1) is 13.9. The molecule has 0 saturated heterocycles. The van der Waals surface area contributed by atoms with Crippen LogP contribution in [0.1, 0.15) is 41.3 Å². The number of aryl methyl sites for hydroxylation is 1. The van der Waals surface area contributed by atoms with Crippen molar-refractivity contribution in [1.82, 2.24) is 10.3 Å². The first-order valence-corrected chi connectivity index (χ1v) is 10.5. The maximum Gasteiger partial charge on any atom is 0.251 e. The molecule has 0 aliphatic carbocycles. The summed E-state index contributed by atoms with van der Waals surface area (Å²) in [4.78, 5) is 28.7. The number of hydrogen-bond acceptors (Lipinski definition) is 4. The van der Waals surface area contributed by atoms with Crippen molar-refractivity contribution in [3.05, 3.63) is 65.2 Å². The van der Waals surface area contributed by atoms with Crippen LogP contribution in [0.15, 0.2) is 53.6 Å². The van der Waals surface area contributed by atoms with Crippen LogP contribution in [0, 0.1) is 6.92 Å². The quantitative estimate of drug-likeness (QED) is 0.578. The second-order valence-corrected chi connectivity index (χ2v) is 8.16. The minimum absolute atomic E-state index is 0.112. The highest BCUT2D eigenvalue weighted by molar-refractivity contribution is 7.99. The third-order valence-electron chi connectivity index (χ3n) is 4.69. The minimum Gasteiger partial charge on any atom is -0.355 e. The number of carbonyl (C=O) groups excluding carboxylic acids is 2. The van der Waals surface area contributed by atoms with E-state index in [0.717, 1.165) is 21.5 Å². The summed E-state index contributed by atoms with van der Waals surface area (Å²) in [6, 6.07) is 15.1. The van der Waals surface area contributed by atoms with Crippen LogP contribution >= 0.6 is 11.8 Å². The van der Waals surface area contributed by atoms with Crippen molar-refractivity contribution in [2.75, 3.05) is 18.1 Å². The molecule has 150 valence electrons. The van der Waals surface area contributed by atoms with Crippen molar-refractivity contribution >= 4 is 40.2 Å². The Kier molecular flexibility index (Phi) is 6.54. The van der Waals surface area contributed by atoms with Crippen molar-refractivity contribution in [2.45, 2.75) is 31.7 Å².